The summed E-state index contributed by atoms with van der Waals surface area (Å²) in [5.41, 5.74) is 0.922. The van der Waals surface area contributed by atoms with E-state index in [1.807, 2.05) is 6.20 Å². The molecule has 1 unspecified atom stereocenters. The molecule has 1 N–H and O–H groups in total. The molecule has 0 aliphatic heterocycles. The van der Waals surface area contributed by atoms with Crippen molar-refractivity contribution >= 4 is 8.07 Å². The van der Waals surface area contributed by atoms with Crippen LogP contribution in [-0.4, -0.2) is 29.6 Å². The van der Waals surface area contributed by atoms with Gasteiger partial charge in [-0.1, -0.05) is 19.6 Å². The zero-order chi connectivity index (χ0) is 13.2. The minimum absolute atomic E-state index is 0.333. The summed E-state index contributed by atoms with van der Waals surface area (Å²) in [6, 6.07) is 1.17. The monoisotopic (exact) mass is 268 g/mol. The first kappa shape index (κ1) is 13.8. The van der Waals surface area contributed by atoms with Gasteiger partial charge in [-0.2, -0.15) is 5.10 Å². The molecule has 0 radical (unpaired) electrons. The molecule has 4 nitrogen and oxygen atoms in total. The first-order valence-electron chi connectivity index (χ1n) is 6.74. The third kappa shape index (κ3) is 4.22. The Balaban J connectivity index is 1.73. The first-order chi connectivity index (χ1) is 8.46. The lowest BCUT2D eigenvalue weighted by Gasteiger charge is -2.15. The molecule has 0 aromatic carbocycles. The van der Waals surface area contributed by atoms with Crippen molar-refractivity contribution in [2.45, 2.75) is 51.4 Å². The summed E-state index contributed by atoms with van der Waals surface area (Å²) < 4.78 is 7.39. The average molecular weight is 268 g/mol. The van der Waals surface area contributed by atoms with Crippen LogP contribution in [0.2, 0.25) is 25.7 Å². The van der Waals surface area contributed by atoms with Gasteiger partial charge in [0.05, 0.1) is 12.3 Å². The van der Waals surface area contributed by atoms with Gasteiger partial charge < -0.3 is 9.84 Å². The minimum Gasteiger partial charge on any atom is -0.388 e. The van der Waals surface area contributed by atoms with Crippen molar-refractivity contribution in [3.8, 4) is 0 Å². The van der Waals surface area contributed by atoms with Crippen LogP contribution in [0.15, 0.2) is 12.4 Å². The molecule has 5 heteroatoms. The Morgan fingerprint density at radius 3 is 2.83 bits per heavy atom. The molecule has 1 aromatic heterocycles. The van der Waals surface area contributed by atoms with Crippen LogP contribution in [0.25, 0.3) is 0 Å². The van der Waals surface area contributed by atoms with Gasteiger partial charge in [-0.25, -0.2) is 4.68 Å². The molecule has 2 rings (SSSR count). The Bertz CT molecular complexity index is 383. The molecule has 1 aromatic rings. The van der Waals surface area contributed by atoms with E-state index >= 15 is 0 Å². The fourth-order valence-corrected chi connectivity index (χ4v) is 2.58. The Morgan fingerprint density at radius 1 is 1.50 bits per heavy atom. The number of hydrogen-bond acceptors (Lipinski definition) is 3. The third-order valence-electron chi connectivity index (χ3n) is 3.28. The SMILES string of the molecule is C[Si](C)(C)CCOCn1cc(C(O)C2CC2)cn1. The molecular weight excluding hydrogens is 244 g/mol. The summed E-state index contributed by atoms with van der Waals surface area (Å²) >= 11 is 0. The second-order valence-corrected chi connectivity index (χ2v) is 12.1. The predicted molar refractivity (Wildman–Crippen MR) is 74.0 cm³/mol. The maximum atomic E-state index is 9.96. The van der Waals surface area contributed by atoms with Gasteiger partial charge in [0.2, 0.25) is 0 Å². The molecule has 102 valence electrons. The number of hydrogen-bond donors (Lipinski definition) is 1. The lowest BCUT2D eigenvalue weighted by atomic mass is 10.1. The van der Waals surface area contributed by atoms with E-state index in [1.54, 1.807) is 10.9 Å². The molecule has 1 aliphatic carbocycles. The smallest absolute Gasteiger partial charge is 0.139 e. The highest BCUT2D eigenvalue weighted by atomic mass is 28.3. The van der Waals surface area contributed by atoms with Gasteiger partial charge in [-0.05, 0) is 24.8 Å². The summed E-state index contributed by atoms with van der Waals surface area (Å²) in [5, 5.41) is 14.2. The topological polar surface area (TPSA) is 47.3 Å². The molecule has 1 fully saturated rings. The lowest BCUT2D eigenvalue weighted by Crippen LogP contribution is -2.22. The van der Waals surface area contributed by atoms with Gasteiger partial charge in [0.25, 0.3) is 0 Å². The van der Waals surface area contributed by atoms with Crippen molar-refractivity contribution in [1.82, 2.24) is 9.78 Å². The van der Waals surface area contributed by atoms with Crippen molar-refractivity contribution in [1.29, 1.82) is 0 Å². The van der Waals surface area contributed by atoms with Crippen LogP contribution in [0.5, 0.6) is 0 Å². The molecule has 18 heavy (non-hydrogen) atoms. The van der Waals surface area contributed by atoms with E-state index in [4.69, 9.17) is 4.74 Å². The molecule has 0 amide bonds. The Kier molecular flexibility index (Phi) is 4.24. The highest BCUT2D eigenvalue weighted by Gasteiger charge is 2.31. The molecule has 0 spiro atoms. The van der Waals surface area contributed by atoms with Crippen molar-refractivity contribution in [3.05, 3.63) is 18.0 Å². The summed E-state index contributed by atoms with van der Waals surface area (Å²) in [7, 11) is -1.01. The van der Waals surface area contributed by atoms with Gasteiger partial charge >= 0.3 is 0 Å². The third-order valence-corrected chi connectivity index (χ3v) is 4.99. The van der Waals surface area contributed by atoms with Gasteiger partial charge in [0.1, 0.15) is 6.73 Å². The predicted octanol–water partition coefficient (Wildman–Crippen LogP) is 2.64. The van der Waals surface area contributed by atoms with Gasteiger partial charge in [-0.3, -0.25) is 0 Å². The van der Waals surface area contributed by atoms with Crippen molar-refractivity contribution < 1.29 is 9.84 Å². The number of nitrogens with zero attached hydrogens (tertiary/aromatic N) is 2. The van der Waals surface area contributed by atoms with Crippen LogP contribution in [0.3, 0.4) is 0 Å². The summed E-state index contributed by atoms with van der Waals surface area (Å²) in [5.74, 6) is 0.454. The highest BCUT2D eigenvalue weighted by Crippen LogP contribution is 2.40. The van der Waals surface area contributed by atoms with Crippen LogP contribution >= 0.6 is 0 Å². The largest absolute Gasteiger partial charge is 0.388 e. The summed E-state index contributed by atoms with van der Waals surface area (Å²) in [6.07, 6.45) is 5.60. The average Bonchev–Trinajstić information content (AvgIpc) is 3.02. The number of aromatic nitrogens is 2. The summed E-state index contributed by atoms with van der Waals surface area (Å²) in [4.78, 5) is 0. The van der Waals surface area contributed by atoms with Gasteiger partial charge in [0.15, 0.2) is 0 Å². The first-order valence-corrected chi connectivity index (χ1v) is 10.4. The molecule has 1 atom stereocenters. The second kappa shape index (κ2) is 5.55. The van der Waals surface area contributed by atoms with Crippen LogP contribution in [0.4, 0.5) is 0 Å². The standard InChI is InChI=1S/C13H24N2O2Si/c1-18(2,3)7-6-17-10-15-9-12(8-14-15)13(16)11-4-5-11/h8-9,11,13,16H,4-7,10H2,1-3H3. The number of rotatable bonds is 7. The maximum absolute atomic E-state index is 9.96. The number of aliphatic hydroxyl groups is 1. The van der Waals surface area contributed by atoms with E-state index in [1.165, 1.54) is 6.04 Å². The van der Waals surface area contributed by atoms with Gasteiger partial charge in [-0.15, -0.1) is 0 Å². The fraction of sp³-hybridized carbons (Fsp3) is 0.769. The molecule has 1 saturated carbocycles. The zero-order valence-corrected chi connectivity index (χ0v) is 12.6. The fourth-order valence-electron chi connectivity index (χ4n) is 1.82. The zero-order valence-electron chi connectivity index (χ0n) is 11.6. The van der Waals surface area contributed by atoms with E-state index in [9.17, 15) is 5.11 Å². The van der Waals surface area contributed by atoms with E-state index < -0.39 is 8.07 Å². The molecule has 0 bridgehead atoms. The van der Waals surface area contributed by atoms with Crippen molar-refractivity contribution in [2.75, 3.05) is 6.61 Å². The Hall–Kier alpha value is -0.653. The van der Waals surface area contributed by atoms with Crippen LogP contribution in [0.1, 0.15) is 24.5 Å². The second-order valence-electron chi connectivity index (χ2n) is 6.44. The maximum Gasteiger partial charge on any atom is 0.139 e. The molecule has 1 heterocycles. The van der Waals surface area contributed by atoms with Crippen LogP contribution in [0, 0.1) is 5.92 Å². The van der Waals surface area contributed by atoms with E-state index in [2.05, 4.69) is 24.7 Å². The highest BCUT2D eigenvalue weighted by molar-refractivity contribution is 6.76. The number of ether oxygens (including phenoxy) is 1. The van der Waals surface area contributed by atoms with E-state index in [0.29, 0.717) is 12.6 Å². The van der Waals surface area contributed by atoms with Crippen molar-refractivity contribution in [3.63, 3.8) is 0 Å². The van der Waals surface area contributed by atoms with E-state index in [0.717, 1.165) is 25.0 Å². The van der Waals surface area contributed by atoms with E-state index in [-0.39, 0.29) is 6.10 Å². The quantitative estimate of drug-likeness (QED) is 0.611. The molecule has 0 saturated heterocycles. The van der Waals surface area contributed by atoms with Gasteiger partial charge in [0, 0.05) is 26.4 Å². The normalized spacial score (nSPS) is 18.0. The lowest BCUT2D eigenvalue weighted by molar-refractivity contribution is 0.0782. The van der Waals surface area contributed by atoms with Crippen LogP contribution < -0.4 is 0 Å². The molecular formula is C13H24N2O2Si. The summed E-state index contributed by atoms with van der Waals surface area (Å²) in [6.45, 7) is 8.31. The number of aliphatic hydroxyl groups excluding tert-OH is 1. The van der Waals surface area contributed by atoms with Crippen molar-refractivity contribution in [2.24, 2.45) is 5.92 Å². The minimum atomic E-state index is -1.01. The molecule has 1 aliphatic rings. The van der Waals surface area contributed by atoms with Crippen LogP contribution in [-0.2, 0) is 11.5 Å². The Labute approximate surface area is 110 Å². The Morgan fingerprint density at radius 2 is 2.22 bits per heavy atom.